The Morgan fingerprint density at radius 1 is 1.54 bits per heavy atom. The minimum absolute atomic E-state index is 0.0576. The van der Waals surface area contributed by atoms with Crippen LogP contribution in [0, 0.1) is 4.91 Å². The predicted octanol–water partition coefficient (Wildman–Crippen LogP) is 2.68. The van der Waals surface area contributed by atoms with E-state index in [4.69, 9.17) is 10.5 Å². The highest BCUT2D eigenvalue weighted by atomic mass is 32.2. The molecule has 0 saturated heterocycles. The fourth-order valence-electron chi connectivity index (χ4n) is 1.93. The molecule has 0 aliphatic rings. The van der Waals surface area contributed by atoms with Crippen molar-refractivity contribution in [2.45, 2.75) is 42.6 Å². The molecule has 0 amide bonds. The third-order valence-electron chi connectivity index (χ3n) is 3.73. The Morgan fingerprint density at radius 3 is 2.68 bits per heavy atom. The predicted molar refractivity (Wildman–Crippen MR) is 123 cm³/mol. The van der Waals surface area contributed by atoms with E-state index in [9.17, 15) is 13.7 Å². The number of hydrogen-bond donors (Lipinski definition) is 1. The number of aliphatic imine (C=N–C) groups is 1. The van der Waals surface area contributed by atoms with Crippen molar-refractivity contribution in [2.24, 2.45) is 15.9 Å². The Bertz CT molecular complexity index is 761. The minimum atomic E-state index is -2.26. The van der Waals surface area contributed by atoms with Gasteiger partial charge in [-0.2, -0.15) is 0 Å². The molecule has 0 saturated carbocycles. The van der Waals surface area contributed by atoms with Crippen molar-refractivity contribution >= 4 is 61.3 Å². The van der Waals surface area contributed by atoms with Gasteiger partial charge in [-0.1, -0.05) is 25.4 Å². The van der Waals surface area contributed by atoms with E-state index in [1.807, 2.05) is 25.4 Å². The maximum atomic E-state index is 14.3. The zero-order valence-corrected chi connectivity index (χ0v) is 19.4. The molecule has 154 valence electrons. The Kier molecular flexibility index (Phi) is 9.61. The molecule has 6 nitrogen and oxygen atoms in total. The second-order valence-electron chi connectivity index (χ2n) is 6.28. The molecule has 1 aromatic heterocycles. The maximum absolute atomic E-state index is 14.3. The molecule has 1 rings (SSSR count). The largest absolute Gasteiger partial charge is 0.403 e. The third kappa shape index (κ3) is 6.84. The summed E-state index contributed by atoms with van der Waals surface area (Å²) in [7, 11) is 5.39. The van der Waals surface area contributed by atoms with Crippen molar-refractivity contribution in [3.63, 3.8) is 0 Å². The van der Waals surface area contributed by atoms with Crippen LogP contribution in [0.25, 0.3) is 5.70 Å². The van der Waals surface area contributed by atoms with Gasteiger partial charge in [-0.05, 0) is 36.3 Å². The molecule has 12 heteroatoms. The Hall–Kier alpha value is -0.945. The van der Waals surface area contributed by atoms with Gasteiger partial charge >= 0.3 is 0 Å². The van der Waals surface area contributed by atoms with Crippen molar-refractivity contribution < 1.29 is 13.5 Å². The molecule has 5 atom stereocenters. The van der Waals surface area contributed by atoms with E-state index in [0.717, 1.165) is 17.6 Å². The standard InChI is InChI=1S/C16H25BF2N4O2P2S/c1-4-28-12-5-10(17)14(23-24)22-13(12)11(6-20)21-7-9(2)25-8-16(19,27)15(3,18)26/h5-7,9H,4,8,17,20,26-27H2,1-3H3/b11-6-,21-7-/t9-,15+,16?/m0/s1. The van der Waals surface area contributed by atoms with Crippen LogP contribution in [0.4, 0.5) is 14.6 Å². The first kappa shape index (κ1) is 25.1. The van der Waals surface area contributed by atoms with Gasteiger partial charge in [0.2, 0.25) is 0 Å². The van der Waals surface area contributed by atoms with E-state index in [1.165, 1.54) is 24.2 Å². The van der Waals surface area contributed by atoms with Crippen LogP contribution in [0.1, 0.15) is 26.5 Å². The number of alkyl halides is 2. The molecule has 0 radical (unpaired) electrons. The van der Waals surface area contributed by atoms with E-state index < -0.39 is 23.5 Å². The van der Waals surface area contributed by atoms with Crippen molar-refractivity contribution in [1.82, 2.24) is 4.98 Å². The fourth-order valence-corrected chi connectivity index (χ4v) is 2.96. The number of hydrogen-bond acceptors (Lipinski definition) is 7. The lowest BCUT2D eigenvalue weighted by Gasteiger charge is -2.30. The van der Waals surface area contributed by atoms with E-state index >= 15 is 0 Å². The molecule has 0 aromatic carbocycles. The average Bonchev–Trinajstić information content (AvgIpc) is 2.61. The molecule has 2 N–H and O–H groups in total. The molecule has 1 heterocycles. The van der Waals surface area contributed by atoms with E-state index in [1.54, 1.807) is 20.8 Å². The smallest absolute Gasteiger partial charge is 0.190 e. The van der Waals surface area contributed by atoms with Gasteiger partial charge in [-0.3, -0.25) is 4.99 Å². The monoisotopic (exact) mass is 448 g/mol. The van der Waals surface area contributed by atoms with Gasteiger partial charge in [0, 0.05) is 17.3 Å². The summed E-state index contributed by atoms with van der Waals surface area (Å²) in [6.45, 7) is 4.25. The SMILES string of the molecule is Bc1cc(SCC)c(C(=C/N)/N=C\[C@H](C)OCC(F)(P)[C@](C)(F)P)nc1N=O. The Balaban J connectivity index is 3.02. The first-order valence-electron chi connectivity index (χ1n) is 8.48. The molecule has 1 aromatic rings. The van der Waals surface area contributed by atoms with Gasteiger partial charge < -0.3 is 10.5 Å². The minimum Gasteiger partial charge on any atom is -0.403 e. The lowest BCUT2D eigenvalue weighted by atomic mass is 9.96. The van der Waals surface area contributed by atoms with Crippen LogP contribution in [0.2, 0.25) is 0 Å². The first-order chi connectivity index (χ1) is 13.0. The third-order valence-corrected chi connectivity index (χ3v) is 6.19. The van der Waals surface area contributed by atoms with Crippen molar-refractivity contribution in [3.05, 3.63) is 22.9 Å². The fraction of sp³-hybridized carbons (Fsp3) is 0.500. The van der Waals surface area contributed by atoms with E-state index in [-0.39, 0.29) is 5.82 Å². The van der Waals surface area contributed by atoms with Gasteiger partial charge in [0.1, 0.15) is 19.2 Å². The number of nitroso groups, excluding NO2 is 1. The molecule has 0 spiro atoms. The van der Waals surface area contributed by atoms with Crippen molar-refractivity contribution in [2.75, 3.05) is 12.4 Å². The average molecular weight is 448 g/mol. The maximum Gasteiger partial charge on any atom is 0.190 e. The summed E-state index contributed by atoms with van der Waals surface area (Å²) >= 11 is 1.53. The van der Waals surface area contributed by atoms with Crippen LogP contribution in [-0.4, -0.2) is 48.3 Å². The molecule has 3 unspecified atom stereocenters. The number of nitrogens with zero attached hydrogens (tertiary/aromatic N) is 3. The summed E-state index contributed by atoms with van der Waals surface area (Å²) in [5, 5.41) is -1.50. The van der Waals surface area contributed by atoms with Gasteiger partial charge in [0.05, 0.1) is 12.7 Å². The van der Waals surface area contributed by atoms with Crippen LogP contribution in [0.3, 0.4) is 0 Å². The number of thioether (sulfide) groups is 1. The molecular formula is C16H25BF2N4O2P2S. The van der Waals surface area contributed by atoms with Crippen LogP contribution >= 0.6 is 30.2 Å². The molecule has 0 bridgehead atoms. The summed E-state index contributed by atoms with van der Waals surface area (Å²) < 4.78 is 33.4. The number of rotatable bonds is 10. The van der Waals surface area contributed by atoms with Gasteiger partial charge in [-0.25, -0.2) is 13.8 Å². The molecular weight excluding hydrogens is 423 g/mol. The number of pyridine rings is 1. The second kappa shape index (κ2) is 10.7. The summed E-state index contributed by atoms with van der Waals surface area (Å²) in [5.74, 6) is 0.842. The highest BCUT2D eigenvalue weighted by Crippen LogP contribution is 2.41. The number of aromatic nitrogens is 1. The number of ether oxygens (including phenoxy) is 1. The van der Waals surface area contributed by atoms with Crippen molar-refractivity contribution in [1.29, 1.82) is 0 Å². The Labute approximate surface area is 173 Å². The van der Waals surface area contributed by atoms with Gasteiger partial charge in [0.25, 0.3) is 0 Å². The van der Waals surface area contributed by atoms with Crippen LogP contribution in [0.15, 0.2) is 27.3 Å². The van der Waals surface area contributed by atoms with E-state index in [0.29, 0.717) is 16.9 Å². The topological polar surface area (TPSA) is 89.9 Å². The lowest BCUT2D eigenvalue weighted by Crippen LogP contribution is -2.39. The van der Waals surface area contributed by atoms with Gasteiger partial charge in [-0.15, -0.1) is 16.7 Å². The molecule has 28 heavy (non-hydrogen) atoms. The van der Waals surface area contributed by atoms with Crippen LogP contribution in [-0.2, 0) is 4.74 Å². The molecule has 0 aliphatic carbocycles. The normalized spacial score (nSPS) is 17.9. The molecule has 0 aliphatic heterocycles. The van der Waals surface area contributed by atoms with Crippen molar-refractivity contribution in [3.8, 4) is 0 Å². The van der Waals surface area contributed by atoms with E-state index in [2.05, 4.69) is 15.2 Å². The number of nitrogens with two attached hydrogens (primary N) is 1. The van der Waals surface area contributed by atoms with Crippen LogP contribution in [0.5, 0.6) is 0 Å². The highest BCUT2D eigenvalue weighted by Gasteiger charge is 2.43. The Morgan fingerprint density at radius 2 is 2.18 bits per heavy atom. The summed E-state index contributed by atoms with van der Waals surface area (Å²) in [4.78, 5) is 20.3. The zero-order valence-electron chi connectivity index (χ0n) is 16.3. The summed E-state index contributed by atoms with van der Waals surface area (Å²) in [6.07, 6.45) is 2.05. The summed E-state index contributed by atoms with van der Waals surface area (Å²) in [6, 6.07) is 1.80. The first-order valence-corrected chi connectivity index (χ1v) is 10.6. The summed E-state index contributed by atoms with van der Waals surface area (Å²) in [5.41, 5.74) is 7.08. The quantitative estimate of drug-likeness (QED) is 0.196. The zero-order chi connectivity index (χ0) is 21.5. The lowest BCUT2D eigenvalue weighted by molar-refractivity contribution is 0.00331. The highest BCUT2D eigenvalue weighted by molar-refractivity contribution is 7.99. The number of halogens is 2. The molecule has 0 fully saturated rings. The second-order valence-corrected chi connectivity index (χ2v) is 9.59. The van der Waals surface area contributed by atoms with Gasteiger partial charge in [0.15, 0.2) is 16.6 Å². The van der Waals surface area contributed by atoms with Crippen LogP contribution < -0.4 is 11.2 Å².